The van der Waals surface area contributed by atoms with Crippen LogP contribution < -0.4 is 5.32 Å². The Hall–Kier alpha value is -1.36. The lowest BCUT2D eigenvalue weighted by Crippen LogP contribution is -2.30. The van der Waals surface area contributed by atoms with E-state index in [-0.39, 0.29) is 18.6 Å². The first-order valence-corrected chi connectivity index (χ1v) is 5.86. The van der Waals surface area contributed by atoms with E-state index in [0.29, 0.717) is 6.61 Å². The standard InChI is InChI=1S/C12H20N2O3/c1-5-6-16-7-11(15)13-8(2)12-9(3)14-17-10(12)4/h8H,5-7H2,1-4H3,(H,13,15). The topological polar surface area (TPSA) is 64.4 Å². The highest BCUT2D eigenvalue weighted by Crippen LogP contribution is 2.20. The molecule has 0 fully saturated rings. The molecule has 1 amide bonds. The van der Waals surface area contributed by atoms with Crippen molar-refractivity contribution >= 4 is 5.91 Å². The summed E-state index contributed by atoms with van der Waals surface area (Å²) in [5.74, 6) is 0.621. The van der Waals surface area contributed by atoms with Crippen molar-refractivity contribution in [3.05, 3.63) is 17.0 Å². The number of carbonyl (C=O) groups excluding carboxylic acids is 1. The van der Waals surface area contributed by atoms with Gasteiger partial charge in [-0.2, -0.15) is 0 Å². The average molecular weight is 240 g/mol. The quantitative estimate of drug-likeness (QED) is 0.771. The molecule has 0 aromatic carbocycles. The second kappa shape index (κ2) is 6.39. The van der Waals surface area contributed by atoms with Gasteiger partial charge in [0.15, 0.2) is 0 Å². The summed E-state index contributed by atoms with van der Waals surface area (Å²) in [7, 11) is 0. The number of ether oxygens (including phenoxy) is 1. The van der Waals surface area contributed by atoms with Gasteiger partial charge in [0.25, 0.3) is 0 Å². The number of rotatable bonds is 6. The molecule has 96 valence electrons. The van der Waals surface area contributed by atoms with Crippen LogP contribution in [-0.4, -0.2) is 24.3 Å². The molecule has 5 heteroatoms. The molecule has 1 heterocycles. The zero-order valence-corrected chi connectivity index (χ0v) is 10.9. The van der Waals surface area contributed by atoms with Gasteiger partial charge in [-0.05, 0) is 27.2 Å². The Kier molecular flexibility index (Phi) is 5.15. The first-order valence-electron chi connectivity index (χ1n) is 5.86. The normalized spacial score (nSPS) is 12.5. The number of hydrogen-bond acceptors (Lipinski definition) is 4. The van der Waals surface area contributed by atoms with Crippen molar-refractivity contribution in [2.75, 3.05) is 13.2 Å². The van der Waals surface area contributed by atoms with Gasteiger partial charge in [0, 0.05) is 12.2 Å². The van der Waals surface area contributed by atoms with E-state index >= 15 is 0 Å². The number of nitrogens with zero attached hydrogens (tertiary/aromatic N) is 1. The number of aromatic nitrogens is 1. The van der Waals surface area contributed by atoms with E-state index < -0.39 is 0 Å². The molecule has 1 atom stereocenters. The zero-order chi connectivity index (χ0) is 12.8. The first kappa shape index (κ1) is 13.7. The maximum absolute atomic E-state index is 11.6. The molecule has 0 bridgehead atoms. The van der Waals surface area contributed by atoms with E-state index in [2.05, 4.69) is 10.5 Å². The Morgan fingerprint density at radius 3 is 2.76 bits per heavy atom. The largest absolute Gasteiger partial charge is 0.372 e. The van der Waals surface area contributed by atoms with Crippen LogP contribution in [0.2, 0.25) is 0 Å². The average Bonchev–Trinajstić information content (AvgIpc) is 2.58. The van der Waals surface area contributed by atoms with Crippen LogP contribution in [0.15, 0.2) is 4.52 Å². The highest BCUT2D eigenvalue weighted by atomic mass is 16.5. The molecule has 0 radical (unpaired) electrons. The molecular formula is C12H20N2O3. The van der Waals surface area contributed by atoms with E-state index in [0.717, 1.165) is 23.4 Å². The van der Waals surface area contributed by atoms with Crippen molar-refractivity contribution in [1.82, 2.24) is 10.5 Å². The molecule has 0 aliphatic carbocycles. The molecule has 1 unspecified atom stereocenters. The van der Waals surface area contributed by atoms with Crippen LogP contribution in [0.3, 0.4) is 0 Å². The second-order valence-corrected chi connectivity index (χ2v) is 4.08. The molecule has 5 nitrogen and oxygen atoms in total. The number of aryl methyl sites for hydroxylation is 2. The third-order valence-electron chi connectivity index (χ3n) is 2.48. The molecule has 0 saturated heterocycles. The summed E-state index contributed by atoms with van der Waals surface area (Å²) in [5, 5.41) is 6.72. The Morgan fingerprint density at radius 1 is 1.53 bits per heavy atom. The Bertz CT molecular complexity index is 354. The summed E-state index contributed by atoms with van der Waals surface area (Å²) in [6.45, 7) is 8.32. The van der Waals surface area contributed by atoms with Gasteiger partial charge in [0.1, 0.15) is 12.4 Å². The monoisotopic (exact) mass is 240 g/mol. The van der Waals surface area contributed by atoms with Crippen molar-refractivity contribution in [3.63, 3.8) is 0 Å². The molecule has 17 heavy (non-hydrogen) atoms. The maximum Gasteiger partial charge on any atom is 0.246 e. The van der Waals surface area contributed by atoms with Gasteiger partial charge < -0.3 is 14.6 Å². The summed E-state index contributed by atoms with van der Waals surface area (Å²) in [6.07, 6.45) is 0.909. The van der Waals surface area contributed by atoms with Crippen molar-refractivity contribution in [1.29, 1.82) is 0 Å². The molecule has 0 aliphatic rings. The van der Waals surface area contributed by atoms with Crippen molar-refractivity contribution in [3.8, 4) is 0 Å². The number of amides is 1. The third kappa shape index (κ3) is 3.85. The van der Waals surface area contributed by atoms with Crippen LogP contribution in [0.25, 0.3) is 0 Å². The van der Waals surface area contributed by atoms with Crippen molar-refractivity contribution < 1.29 is 14.1 Å². The minimum Gasteiger partial charge on any atom is -0.372 e. The highest BCUT2D eigenvalue weighted by Gasteiger charge is 2.17. The van der Waals surface area contributed by atoms with Crippen LogP contribution in [0.5, 0.6) is 0 Å². The summed E-state index contributed by atoms with van der Waals surface area (Å²) in [4.78, 5) is 11.6. The molecule has 1 rings (SSSR count). The SMILES string of the molecule is CCCOCC(=O)NC(C)c1c(C)noc1C. The van der Waals surface area contributed by atoms with E-state index in [9.17, 15) is 4.79 Å². The molecule has 1 aromatic rings. The van der Waals surface area contributed by atoms with E-state index in [1.807, 2.05) is 27.7 Å². The fourth-order valence-electron chi connectivity index (χ4n) is 1.77. The van der Waals surface area contributed by atoms with Gasteiger partial charge in [-0.3, -0.25) is 4.79 Å². The van der Waals surface area contributed by atoms with Crippen LogP contribution in [-0.2, 0) is 9.53 Å². The van der Waals surface area contributed by atoms with Gasteiger partial charge in [-0.25, -0.2) is 0 Å². The summed E-state index contributed by atoms with van der Waals surface area (Å²) < 4.78 is 10.2. The van der Waals surface area contributed by atoms with Crippen molar-refractivity contribution in [2.24, 2.45) is 0 Å². The fraction of sp³-hybridized carbons (Fsp3) is 0.667. The molecule has 1 aromatic heterocycles. The van der Waals surface area contributed by atoms with E-state index in [4.69, 9.17) is 9.26 Å². The summed E-state index contributed by atoms with van der Waals surface area (Å²) in [5.41, 5.74) is 1.75. The predicted octanol–water partition coefficient (Wildman–Crippen LogP) is 1.90. The number of carbonyl (C=O) groups is 1. The lowest BCUT2D eigenvalue weighted by Gasteiger charge is -2.13. The van der Waals surface area contributed by atoms with Gasteiger partial charge >= 0.3 is 0 Å². The number of nitrogens with one attached hydrogen (secondary N) is 1. The van der Waals surface area contributed by atoms with Crippen LogP contribution in [0.1, 0.15) is 43.3 Å². The molecule has 1 N–H and O–H groups in total. The van der Waals surface area contributed by atoms with Crippen LogP contribution in [0, 0.1) is 13.8 Å². The lowest BCUT2D eigenvalue weighted by molar-refractivity contribution is -0.126. The smallest absolute Gasteiger partial charge is 0.246 e. The summed E-state index contributed by atoms with van der Waals surface area (Å²) >= 11 is 0. The Balaban J connectivity index is 2.49. The number of hydrogen-bond donors (Lipinski definition) is 1. The van der Waals surface area contributed by atoms with E-state index in [1.165, 1.54) is 0 Å². The first-order chi connectivity index (χ1) is 8.06. The van der Waals surface area contributed by atoms with Crippen molar-refractivity contribution in [2.45, 2.75) is 40.2 Å². The van der Waals surface area contributed by atoms with Crippen LogP contribution in [0.4, 0.5) is 0 Å². The molecule has 0 saturated carbocycles. The summed E-state index contributed by atoms with van der Waals surface area (Å²) in [6, 6.07) is -0.112. The Labute approximate surface area is 102 Å². The highest BCUT2D eigenvalue weighted by molar-refractivity contribution is 5.77. The third-order valence-corrected chi connectivity index (χ3v) is 2.48. The lowest BCUT2D eigenvalue weighted by atomic mass is 10.1. The maximum atomic E-state index is 11.6. The fourth-order valence-corrected chi connectivity index (χ4v) is 1.77. The Morgan fingerprint density at radius 2 is 2.24 bits per heavy atom. The predicted molar refractivity (Wildman–Crippen MR) is 63.6 cm³/mol. The zero-order valence-electron chi connectivity index (χ0n) is 10.9. The van der Waals surface area contributed by atoms with Gasteiger partial charge in [-0.15, -0.1) is 0 Å². The minimum absolute atomic E-state index is 0.0988. The van der Waals surface area contributed by atoms with E-state index in [1.54, 1.807) is 0 Å². The minimum atomic E-state index is -0.119. The molecular weight excluding hydrogens is 220 g/mol. The molecule has 0 aliphatic heterocycles. The van der Waals surface area contributed by atoms with Crippen LogP contribution >= 0.6 is 0 Å². The molecule has 0 spiro atoms. The second-order valence-electron chi connectivity index (χ2n) is 4.08. The van der Waals surface area contributed by atoms with Gasteiger partial charge in [0.2, 0.25) is 5.91 Å². The van der Waals surface area contributed by atoms with Gasteiger partial charge in [0.05, 0.1) is 11.7 Å². The van der Waals surface area contributed by atoms with Gasteiger partial charge in [-0.1, -0.05) is 12.1 Å².